The lowest BCUT2D eigenvalue weighted by molar-refractivity contribution is -0.384. The number of nitrogens with zero attached hydrogens (tertiary/aromatic N) is 1. The Morgan fingerprint density at radius 3 is 2.62 bits per heavy atom. The second-order valence-corrected chi connectivity index (χ2v) is 6.62. The highest BCUT2D eigenvalue weighted by molar-refractivity contribution is 6.33. The van der Waals surface area contributed by atoms with Gasteiger partial charge in [-0.2, -0.15) is 0 Å². The van der Waals surface area contributed by atoms with Gasteiger partial charge in [0.2, 0.25) is 0 Å². The highest BCUT2D eigenvalue weighted by Crippen LogP contribution is 2.32. The summed E-state index contributed by atoms with van der Waals surface area (Å²) in [6.45, 7) is 5.10. The second-order valence-electron chi connectivity index (χ2n) is 6.22. The summed E-state index contributed by atoms with van der Waals surface area (Å²) in [5.41, 5.74) is 1.74. The van der Waals surface area contributed by atoms with Crippen LogP contribution >= 0.6 is 11.6 Å². The molecule has 0 bridgehead atoms. The van der Waals surface area contributed by atoms with Gasteiger partial charge in [-0.05, 0) is 36.8 Å². The fourth-order valence-electron chi connectivity index (χ4n) is 3.03. The summed E-state index contributed by atoms with van der Waals surface area (Å²) in [7, 11) is 0. The molecule has 1 N–H and O–H groups in total. The SMILES string of the molecule is Cc1cc([N+](=O)[O-])c(Cl)cc1NCCC1CCC(C)CC1. The van der Waals surface area contributed by atoms with Crippen molar-refractivity contribution in [2.75, 3.05) is 11.9 Å². The third-order valence-electron chi connectivity index (χ3n) is 4.49. The van der Waals surface area contributed by atoms with Crippen molar-refractivity contribution in [3.63, 3.8) is 0 Å². The van der Waals surface area contributed by atoms with Crippen LogP contribution in [0.25, 0.3) is 0 Å². The molecule has 5 heteroatoms. The van der Waals surface area contributed by atoms with Crippen LogP contribution in [0.1, 0.15) is 44.6 Å². The van der Waals surface area contributed by atoms with E-state index in [4.69, 9.17) is 11.6 Å². The van der Waals surface area contributed by atoms with Gasteiger partial charge in [0.15, 0.2) is 0 Å². The Labute approximate surface area is 131 Å². The van der Waals surface area contributed by atoms with Crippen LogP contribution in [0.4, 0.5) is 11.4 Å². The van der Waals surface area contributed by atoms with Crippen LogP contribution in [-0.2, 0) is 0 Å². The maximum absolute atomic E-state index is 10.8. The van der Waals surface area contributed by atoms with Gasteiger partial charge >= 0.3 is 0 Å². The van der Waals surface area contributed by atoms with Gasteiger partial charge in [-0.1, -0.05) is 44.2 Å². The minimum Gasteiger partial charge on any atom is -0.385 e. The Hall–Kier alpha value is -1.29. The molecule has 0 unspecified atom stereocenters. The molecule has 1 aromatic rings. The second kappa shape index (κ2) is 7.12. The number of anilines is 1. The molecule has 0 spiro atoms. The fourth-order valence-corrected chi connectivity index (χ4v) is 3.26. The molecule has 0 atom stereocenters. The number of hydrogen-bond donors (Lipinski definition) is 1. The Bertz CT molecular complexity index is 511. The first-order chi connectivity index (χ1) is 9.97. The van der Waals surface area contributed by atoms with E-state index in [2.05, 4.69) is 12.2 Å². The molecule has 0 saturated heterocycles. The first kappa shape index (κ1) is 16.1. The van der Waals surface area contributed by atoms with Gasteiger partial charge in [-0.15, -0.1) is 0 Å². The first-order valence-electron chi connectivity index (χ1n) is 7.65. The molecule has 1 aromatic carbocycles. The Kier molecular flexibility index (Phi) is 5.45. The van der Waals surface area contributed by atoms with E-state index in [1.54, 1.807) is 6.07 Å². The van der Waals surface area contributed by atoms with Gasteiger partial charge < -0.3 is 5.32 Å². The van der Waals surface area contributed by atoms with Gasteiger partial charge in [0, 0.05) is 18.3 Å². The molecule has 1 aliphatic carbocycles. The monoisotopic (exact) mass is 310 g/mol. The number of nitro groups is 1. The summed E-state index contributed by atoms with van der Waals surface area (Å²) in [5, 5.41) is 14.4. The van der Waals surface area contributed by atoms with Crippen molar-refractivity contribution >= 4 is 23.0 Å². The van der Waals surface area contributed by atoms with Crippen molar-refractivity contribution in [1.82, 2.24) is 0 Å². The molecule has 0 aromatic heterocycles. The predicted molar refractivity (Wildman–Crippen MR) is 87.1 cm³/mol. The largest absolute Gasteiger partial charge is 0.385 e. The molecular formula is C16H23ClN2O2. The summed E-state index contributed by atoms with van der Waals surface area (Å²) >= 11 is 5.96. The van der Waals surface area contributed by atoms with Gasteiger partial charge in [0.1, 0.15) is 5.02 Å². The van der Waals surface area contributed by atoms with E-state index in [1.807, 2.05) is 6.92 Å². The number of nitro benzene ring substituents is 1. The average Bonchev–Trinajstić information content (AvgIpc) is 2.44. The molecule has 116 valence electrons. The normalized spacial score (nSPS) is 22.0. The summed E-state index contributed by atoms with van der Waals surface area (Å²) in [6.07, 6.45) is 6.48. The van der Waals surface area contributed by atoms with Crippen molar-refractivity contribution < 1.29 is 4.92 Å². The summed E-state index contributed by atoms with van der Waals surface area (Å²) in [6, 6.07) is 3.20. The van der Waals surface area contributed by atoms with Crippen LogP contribution < -0.4 is 5.32 Å². The maximum atomic E-state index is 10.8. The lowest BCUT2D eigenvalue weighted by atomic mass is 9.81. The van der Waals surface area contributed by atoms with Crippen molar-refractivity contribution in [3.05, 3.63) is 32.8 Å². The van der Waals surface area contributed by atoms with Gasteiger partial charge in [-0.3, -0.25) is 10.1 Å². The molecule has 0 amide bonds. The van der Waals surface area contributed by atoms with Crippen molar-refractivity contribution in [1.29, 1.82) is 0 Å². The highest BCUT2D eigenvalue weighted by Gasteiger charge is 2.18. The molecule has 21 heavy (non-hydrogen) atoms. The van der Waals surface area contributed by atoms with E-state index < -0.39 is 4.92 Å². The molecule has 4 nitrogen and oxygen atoms in total. The molecule has 1 aliphatic rings. The predicted octanol–water partition coefficient (Wildman–Crippen LogP) is 5.18. The Balaban J connectivity index is 1.88. The Morgan fingerprint density at radius 1 is 1.33 bits per heavy atom. The summed E-state index contributed by atoms with van der Waals surface area (Å²) in [4.78, 5) is 10.4. The van der Waals surface area contributed by atoms with Crippen LogP contribution in [0.15, 0.2) is 12.1 Å². The zero-order valence-electron chi connectivity index (χ0n) is 12.7. The van der Waals surface area contributed by atoms with E-state index in [-0.39, 0.29) is 10.7 Å². The van der Waals surface area contributed by atoms with E-state index in [0.717, 1.165) is 36.1 Å². The molecule has 0 aliphatic heterocycles. The average molecular weight is 311 g/mol. The minimum atomic E-state index is -0.442. The molecule has 2 rings (SSSR count). The van der Waals surface area contributed by atoms with Crippen LogP contribution in [-0.4, -0.2) is 11.5 Å². The lowest BCUT2D eigenvalue weighted by Gasteiger charge is -2.26. The quantitative estimate of drug-likeness (QED) is 0.602. The summed E-state index contributed by atoms with van der Waals surface area (Å²) < 4.78 is 0. The number of halogens is 1. The van der Waals surface area contributed by atoms with Crippen LogP contribution in [0.5, 0.6) is 0 Å². The van der Waals surface area contributed by atoms with Crippen molar-refractivity contribution in [2.45, 2.75) is 46.0 Å². The third kappa shape index (κ3) is 4.34. The van der Waals surface area contributed by atoms with E-state index in [9.17, 15) is 10.1 Å². The van der Waals surface area contributed by atoms with Gasteiger partial charge in [0.05, 0.1) is 4.92 Å². The smallest absolute Gasteiger partial charge is 0.288 e. The van der Waals surface area contributed by atoms with E-state index >= 15 is 0 Å². The summed E-state index contributed by atoms with van der Waals surface area (Å²) in [5.74, 6) is 1.69. The molecule has 0 radical (unpaired) electrons. The number of nitrogens with one attached hydrogen (secondary N) is 1. The van der Waals surface area contributed by atoms with E-state index in [1.165, 1.54) is 31.7 Å². The molecule has 0 heterocycles. The van der Waals surface area contributed by atoms with Crippen molar-refractivity contribution in [3.8, 4) is 0 Å². The standard InChI is InChI=1S/C16H23ClN2O2/c1-11-3-5-13(6-4-11)7-8-18-15-10-14(17)16(19(20)21)9-12(15)2/h9-11,13,18H,3-8H2,1-2H3. The number of benzene rings is 1. The van der Waals surface area contributed by atoms with Crippen molar-refractivity contribution in [2.24, 2.45) is 11.8 Å². The number of hydrogen-bond acceptors (Lipinski definition) is 3. The molecular weight excluding hydrogens is 288 g/mol. The number of rotatable bonds is 5. The fraction of sp³-hybridized carbons (Fsp3) is 0.625. The molecule has 1 saturated carbocycles. The molecule has 1 fully saturated rings. The minimum absolute atomic E-state index is 0.0269. The van der Waals surface area contributed by atoms with E-state index in [0.29, 0.717) is 0 Å². The van der Waals surface area contributed by atoms with Crippen LogP contribution in [0, 0.1) is 28.9 Å². The highest BCUT2D eigenvalue weighted by atomic mass is 35.5. The maximum Gasteiger partial charge on any atom is 0.288 e. The Morgan fingerprint density at radius 2 is 2.00 bits per heavy atom. The topological polar surface area (TPSA) is 55.2 Å². The zero-order chi connectivity index (χ0) is 15.4. The first-order valence-corrected chi connectivity index (χ1v) is 8.03. The third-order valence-corrected chi connectivity index (χ3v) is 4.80. The number of aryl methyl sites for hydroxylation is 1. The van der Waals surface area contributed by atoms with Gasteiger partial charge in [-0.25, -0.2) is 0 Å². The lowest BCUT2D eigenvalue weighted by Crippen LogP contribution is -2.16. The van der Waals surface area contributed by atoms with Gasteiger partial charge in [0.25, 0.3) is 5.69 Å². The van der Waals surface area contributed by atoms with Crippen LogP contribution in [0.2, 0.25) is 5.02 Å². The zero-order valence-corrected chi connectivity index (χ0v) is 13.4. The van der Waals surface area contributed by atoms with Crippen LogP contribution in [0.3, 0.4) is 0 Å².